The highest BCUT2D eigenvalue weighted by atomic mass is 16.3. The van der Waals surface area contributed by atoms with Crippen molar-refractivity contribution >= 4 is 11.8 Å². The van der Waals surface area contributed by atoms with Gasteiger partial charge in [0.15, 0.2) is 5.82 Å². The number of carbonyl (C=O) groups excluding carboxylic acids is 2. The number of rotatable bonds is 8. The van der Waals surface area contributed by atoms with Gasteiger partial charge >= 0.3 is 0 Å². The van der Waals surface area contributed by atoms with Gasteiger partial charge in [0, 0.05) is 31.8 Å². The van der Waals surface area contributed by atoms with E-state index in [4.69, 9.17) is 0 Å². The van der Waals surface area contributed by atoms with E-state index in [1.165, 1.54) is 7.05 Å². The second kappa shape index (κ2) is 9.09. The molecule has 2 unspecified atom stereocenters. The largest absolute Gasteiger partial charge is 0.383 e. The molecule has 2 heterocycles. The smallest absolute Gasteiger partial charge is 0.255 e. The minimum absolute atomic E-state index is 0.0403. The lowest BCUT2D eigenvalue weighted by molar-refractivity contribution is -0.129. The van der Waals surface area contributed by atoms with Gasteiger partial charge in [-0.1, -0.05) is 30.3 Å². The van der Waals surface area contributed by atoms with E-state index in [9.17, 15) is 14.7 Å². The summed E-state index contributed by atoms with van der Waals surface area (Å²) >= 11 is 0. The number of benzene rings is 1. The zero-order valence-corrected chi connectivity index (χ0v) is 17.2. The third kappa shape index (κ3) is 4.80. The topological polar surface area (TPSA) is 109 Å². The number of carbonyl (C=O) groups is 2. The normalized spacial score (nSPS) is 15.2. The molecule has 2 aromatic heterocycles. The molecule has 0 aliphatic heterocycles. The Bertz CT molecular complexity index is 1060. The Morgan fingerprint density at radius 1 is 1.16 bits per heavy atom. The van der Waals surface area contributed by atoms with E-state index in [1.54, 1.807) is 23.0 Å². The highest BCUT2D eigenvalue weighted by Crippen LogP contribution is 2.39. The van der Waals surface area contributed by atoms with Gasteiger partial charge in [0.1, 0.15) is 6.10 Å². The van der Waals surface area contributed by atoms with Crippen molar-refractivity contribution < 1.29 is 14.7 Å². The predicted molar refractivity (Wildman–Crippen MR) is 115 cm³/mol. The summed E-state index contributed by atoms with van der Waals surface area (Å²) < 4.78 is 1.62. The third-order valence-corrected chi connectivity index (χ3v) is 5.37. The minimum Gasteiger partial charge on any atom is -0.383 e. The van der Waals surface area contributed by atoms with Gasteiger partial charge in [0.25, 0.3) is 5.91 Å². The number of likely N-dealkylation sites (N-methyl/N-ethyl adjacent to an activating group) is 1. The van der Waals surface area contributed by atoms with Crippen molar-refractivity contribution in [2.75, 3.05) is 7.05 Å². The molecule has 31 heavy (non-hydrogen) atoms. The number of nitrogens with zero attached hydrogens (tertiary/aromatic N) is 3. The van der Waals surface area contributed by atoms with Crippen LogP contribution in [0.15, 0.2) is 60.9 Å². The number of aliphatic hydroxyl groups excluding tert-OH is 1. The zero-order valence-electron chi connectivity index (χ0n) is 17.2. The van der Waals surface area contributed by atoms with Crippen LogP contribution in [0.5, 0.6) is 0 Å². The van der Waals surface area contributed by atoms with Crippen LogP contribution in [0.25, 0.3) is 5.82 Å². The average molecular weight is 419 g/mol. The van der Waals surface area contributed by atoms with E-state index < -0.39 is 18.1 Å². The summed E-state index contributed by atoms with van der Waals surface area (Å²) in [5.74, 6) is 0.0763. The Hall–Kier alpha value is -3.52. The molecule has 0 radical (unpaired) electrons. The van der Waals surface area contributed by atoms with E-state index in [1.807, 2.05) is 42.6 Å². The molecule has 4 rings (SSSR count). The van der Waals surface area contributed by atoms with Gasteiger partial charge in [-0.05, 0) is 36.6 Å². The van der Waals surface area contributed by atoms with E-state index in [2.05, 4.69) is 20.7 Å². The van der Waals surface area contributed by atoms with Crippen LogP contribution < -0.4 is 10.6 Å². The maximum absolute atomic E-state index is 13.2. The number of amides is 2. The third-order valence-electron chi connectivity index (χ3n) is 5.37. The molecule has 0 spiro atoms. The number of hydrogen-bond donors (Lipinski definition) is 3. The average Bonchev–Trinajstić information content (AvgIpc) is 3.55. The van der Waals surface area contributed by atoms with Crippen molar-refractivity contribution in [1.82, 2.24) is 25.4 Å². The quantitative estimate of drug-likeness (QED) is 0.518. The van der Waals surface area contributed by atoms with Gasteiger partial charge in [-0.15, -0.1) is 0 Å². The van der Waals surface area contributed by atoms with Crippen LogP contribution in [0.1, 0.15) is 52.8 Å². The van der Waals surface area contributed by atoms with E-state index in [-0.39, 0.29) is 12.3 Å². The number of nitrogens with one attached hydrogen (secondary N) is 2. The Morgan fingerprint density at radius 2 is 1.94 bits per heavy atom. The highest BCUT2D eigenvalue weighted by Gasteiger charge is 2.27. The van der Waals surface area contributed by atoms with Crippen molar-refractivity contribution in [3.63, 3.8) is 0 Å². The molecular formula is C23H25N5O3. The Kier molecular flexibility index (Phi) is 6.08. The zero-order chi connectivity index (χ0) is 21.8. The molecule has 1 aliphatic rings. The molecule has 1 aromatic carbocycles. The van der Waals surface area contributed by atoms with Crippen LogP contribution >= 0.6 is 0 Å². The second-order valence-corrected chi connectivity index (χ2v) is 7.64. The summed E-state index contributed by atoms with van der Waals surface area (Å²) in [6.45, 7) is 0. The first-order valence-corrected chi connectivity index (χ1v) is 10.3. The Morgan fingerprint density at radius 3 is 2.65 bits per heavy atom. The standard InChI is InChI=1S/C23H25N5O3/c1-24-23(31)20(29)14-19(15-6-3-2-4-7-15)26-22(30)17-8-5-12-25-21(17)28-13-11-18(27-28)16-9-10-16/h2-8,11-13,16,19-20,29H,9-10,14H2,1H3,(H,24,31)(H,26,30). The summed E-state index contributed by atoms with van der Waals surface area (Å²) in [5, 5.41) is 20.2. The molecule has 0 saturated heterocycles. The molecule has 0 bridgehead atoms. The van der Waals surface area contributed by atoms with Gasteiger partial charge < -0.3 is 15.7 Å². The van der Waals surface area contributed by atoms with Crippen molar-refractivity contribution in [2.45, 2.75) is 37.3 Å². The van der Waals surface area contributed by atoms with E-state index in [0.717, 1.165) is 24.1 Å². The van der Waals surface area contributed by atoms with E-state index >= 15 is 0 Å². The Labute approximate surface area is 180 Å². The van der Waals surface area contributed by atoms with Crippen molar-refractivity contribution in [1.29, 1.82) is 0 Å². The van der Waals surface area contributed by atoms with Crippen molar-refractivity contribution in [3.05, 3.63) is 77.7 Å². The first kappa shape index (κ1) is 20.7. The molecule has 1 aliphatic carbocycles. The summed E-state index contributed by atoms with van der Waals surface area (Å²) in [6.07, 6.45) is 4.50. The summed E-state index contributed by atoms with van der Waals surface area (Å²) in [7, 11) is 1.46. The number of aliphatic hydroxyl groups is 1. The molecule has 2 amide bonds. The fourth-order valence-electron chi connectivity index (χ4n) is 3.51. The maximum Gasteiger partial charge on any atom is 0.255 e. The lowest BCUT2D eigenvalue weighted by Crippen LogP contribution is -2.37. The second-order valence-electron chi connectivity index (χ2n) is 7.64. The molecule has 1 saturated carbocycles. The molecule has 1 fully saturated rings. The van der Waals surface area contributed by atoms with Crippen molar-refractivity contribution in [2.24, 2.45) is 0 Å². The van der Waals surface area contributed by atoms with Gasteiger partial charge in [0.2, 0.25) is 5.91 Å². The molecular weight excluding hydrogens is 394 g/mol. The first-order valence-electron chi connectivity index (χ1n) is 10.3. The van der Waals surface area contributed by atoms with E-state index in [0.29, 0.717) is 17.3 Å². The number of hydrogen-bond acceptors (Lipinski definition) is 5. The fourth-order valence-corrected chi connectivity index (χ4v) is 3.51. The van der Waals surface area contributed by atoms with Crippen LogP contribution in [-0.2, 0) is 4.79 Å². The lowest BCUT2D eigenvalue weighted by atomic mass is 9.99. The van der Waals surface area contributed by atoms with Crippen LogP contribution in [-0.4, -0.2) is 44.8 Å². The summed E-state index contributed by atoms with van der Waals surface area (Å²) in [4.78, 5) is 29.4. The van der Waals surface area contributed by atoms with Gasteiger partial charge in [-0.3, -0.25) is 9.59 Å². The number of pyridine rings is 1. The lowest BCUT2D eigenvalue weighted by Gasteiger charge is -2.22. The predicted octanol–water partition coefficient (Wildman–Crippen LogP) is 2.11. The van der Waals surface area contributed by atoms with Gasteiger partial charge in [0.05, 0.1) is 17.3 Å². The molecule has 3 aromatic rings. The first-order chi connectivity index (χ1) is 15.1. The molecule has 2 atom stereocenters. The molecule has 3 N–H and O–H groups in total. The fraction of sp³-hybridized carbons (Fsp3) is 0.304. The SMILES string of the molecule is CNC(=O)C(O)CC(NC(=O)c1cccnc1-n1ccc(C2CC2)n1)c1ccccc1. The summed E-state index contributed by atoms with van der Waals surface area (Å²) in [5.41, 5.74) is 2.16. The van der Waals surface area contributed by atoms with Crippen molar-refractivity contribution in [3.8, 4) is 5.82 Å². The molecule has 8 nitrogen and oxygen atoms in total. The highest BCUT2D eigenvalue weighted by molar-refractivity contribution is 5.97. The molecule has 160 valence electrons. The van der Waals surface area contributed by atoms with Crippen LogP contribution in [0.2, 0.25) is 0 Å². The number of aromatic nitrogens is 3. The van der Waals surface area contributed by atoms with Crippen LogP contribution in [0.3, 0.4) is 0 Å². The maximum atomic E-state index is 13.2. The van der Waals surface area contributed by atoms with Crippen LogP contribution in [0.4, 0.5) is 0 Å². The summed E-state index contributed by atoms with van der Waals surface area (Å²) in [6, 6.07) is 14.0. The van der Waals surface area contributed by atoms with Gasteiger partial charge in [-0.25, -0.2) is 9.67 Å². The van der Waals surface area contributed by atoms with Gasteiger partial charge in [-0.2, -0.15) is 5.10 Å². The Balaban J connectivity index is 1.59. The van der Waals surface area contributed by atoms with Crippen LogP contribution in [0, 0.1) is 0 Å². The molecule has 8 heteroatoms. The monoisotopic (exact) mass is 419 g/mol. The minimum atomic E-state index is -1.25.